The molecule has 1 atom stereocenters. The van der Waals surface area contributed by atoms with Gasteiger partial charge in [-0.25, -0.2) is 4.98 Å². The van der Waals surface area contributed by atoms with Crippen molar-refractivity contribution in [2.75, 3.05) is 26.3 Å². The van der Waals surface area contributed by atoms with Crippen molar-refractivity contribution in [3.8, 4) is 0 Å². The van der Waals surface area contributed by atoms with Crippen molar-refractivity contribution in [3.63, 3.8) is 0 Å². The van der Waals surface area contributed by atoms with Crippen molar-refractivity contribution in [3.05, 3.63) is 18.2 Å². The zero-order valence-electron chi connectivity index (χ0n) is 9.98. The predicted octanol–water partition coefficient (Wildman–Crippen LogP) is -0.253. The highest BCUT2D eigenvalue weighted by atomic mass is 16.5. The Morgan fingerprint density at radius 2 is 2.41 bits per heavy atom. The third-order valence-corrected chi connectivity index (χ3v) is 2.82. The van der Waals surface area contributed by atoms with Gasteiger partial charge in [-0.1, -0.05) is 0 Å². The first-order chi connectivity index (χ1) is 8.27. The predicted molar refractivity (Wildman–Crippen MR) is 62.3 cm³/mol. The van der Waals surface area contributed by atoms with Gasteiger partial charge in [-0.15, -0.1) is 0 Å². The number of aromatic amines is 1. The molecular weight excluding hydrogens is 220 g/mol. The van der Waals surface area contributed by atoms with Crippen molar-refractivity contribution in [1.82, 2.24) is 20.2 Å². The van der Waals surface area contributed by atoms with Crippen LogP contribution in [0.15, 0.2) is 12.4 Å². The topological polar surface area (TPSA) is 70.2 Å². The standard InChI is InChI=1S/C11H18N4O2/c1-9(14-8-10-12-2-3-13-10)11(16)15-4-6-17-7-5-15/h2-3,9,14H,4-8H2,1H3,(H,12,13). The number of nitrogens with zero attached hydrogens (tertiary/aromatic N) is 2. The third-order valence-electron chi connectivity index (χ3n) is 2.82. The monoisotopic (exact) mass is 238 g/mol. The van der Waals surface area contributed by atoms with Crippen LogP contribution in [-0.4, -0.2) is 53.1 Å². The molecule has 0 radical (unpaired) electrons. The molecule has 1 aliphatic heterocycles. The van der Waals surface area contributed by atoms with E-state index in [0.29, 0.717) is 32.8 Å². The minimum Gasteiger partial charge on any atom is -0.378 e. The molecule has 2 N–H and O–H groups in total. The van der Waals surface area contributed by atoms with Crippen LogP contribution in [0.1, 0.15) is 12.7 Å². The molecule has 1 amide bonds. The van der Waals surface area contributed by atoms with Gasteiger partial charge in [0.1, 0.15) is 5.82 Å². The van der Waals surface area contributed by atoms with Crippen molar-refractivity contribution < 1.29 is 9.53 Å². The van der Waals surface area contributed by atoms with Crippen LogP contribution < -0.4 is 5.32 Å². The quantitative estimate of drug-likeness (QED) is 0.758. The molecule has 0 bridgehead atoms. The highest BCUT2D eigenvalue weighted by Gasteiger charge is 2.21. The Balaban J connectivity index is 1.78. The number of carbonyl (C=O) groups is 1. The van der Waals surface area contributed by atoms with Crippen molar-refractivity contribution in [2.24, 2.45) is 0 Å². The lowest BCUT2D eigenvalue weighted by Gasteiger charge is -2.29. The van der Waals surface area contributed by atoms with E-state index >= 15 is 0 Å². The first-order valence-electron chi connectivity index (χ1n) is 5.85. The van der Waals surface area contributed by atoms with E-state index in [1.807, 2.05) is 11.8 Å². The van der Waals surface area contributed by atoms with Gasteiger partial charge in [0, 0.05) is 25.5 Å². The molecule has 2 rings (SSSR count). The van der Waals surface area contributed by atoms with Gasteiger partial charge in [0.25, 0.3) is 0 Å². The van der Waals surface area contributed by atoms with E-state index in [1.54, 1.807) is 12.4 Å². The lowest BCUT2D eigenvalue weighted by Crippen LogP contribution is -2.49. The number of hydrogen-bond donors (Lipinski definition) is 2. The number of H-pyrrole nitrogens is 1. The number of hydrogen-bond acceptors (Lipinski definition) is 4. The summed E-state index contributed by atoms with van der Waals surface area (Å²) < 4.78 is 5.22. The Morgan fingerprint density at radius 1 is 1.65 bits per heavy atom. The Morgan fingerprint density at radius 3 is 3.06 bits per heavy atom. The SMILES string of the molecule is CC(NCc1ncc[nH]1)C(=O)N1CCOCC1. The second-order valence-electron chi connectivity index (χ2n) is 4.08. The lowest BCUT2D eigenvalue weighted by molar-refractivity contribution is -0.137. The van der Waals surface area contributed by atoms with Gasteiger partial charge in [-0.3, -0.25) is 10.1 Å². The van der Waals surface area contributed by atoms with Gasteiger partial charge in [-0.05, 0) is 6.92 Å². The Hall–Kier alpha value is -1.40. The number of ether oxygens (including phenoxy) is 1. The maximum Gasteiger partial charge on any atom is 0.239 e. The summed E-state index contributed by atoms with van der Waals surface area (Å²) in [4.78, 5) is 21.0. The summed E-state index contributed by atoms with van der Waals surface area (Å²) >= 11 is 0. The number of morpholine rings is 1. The lowest BCUT2D eigenvalue weighted by atomic mass is 10.2. The van der Waals surface area contributed by atoms with Gasteiger partial charge < -0.3 is 14.6 Å². The molecule has 1 fully saturated rings. The van der Waals surface area contributed by atoms with Crippen LogP contribution in [0.4, 0.5) is 0 Å². The number of amides is 1. The number of imidazole rings is 1. The van der Waals surface area contributed by atoms with Crippen LogP contribution >= 0.6 is 0 Å². The maximum atomic E-state index is 12.0. The average molecular weight is 238 g/mol. The van der Waals surface area contributed by atoms with Crippen molar-refractivity contribution in [1.29, 1.82) is 0 Å². The molecule has 6 nitrogen and oxygen atoms in total. The van der Waals surface area contributed by atoms with Crippen LogP contribution in [0.25, 0.3) is 0 Å². The fraction of sp³-hybridized carbons (Fsp3) is 0.636. The summed E-state index contributed by atoms with van der Waals surface area (Å²) in [6.45, 7) is 5.09. The number of aromatic nitrogens is 2. The number of rotatable bonds is 4. The zero-order valence-corrected chi connectivity index (χ0v) is 9.98. The van der Waals surface area contributed by atoms with E-state index in [1.165, 1.54) is 0 Å². The molecular formula is C11H18N4O2. The Kier molecular flexibility index (Phi) is 4.11. The van der Waals surface area contributed by atoms with Crippen LogP contribution in [0.3, 0.4) is 0 Å². The van der Waals surface area contributed by atoms with Crippen molar-refractivity contribution in [2.45, 2.75) is 19.5 Å². The molecule has 17 heavy (non-hydrogen) atoms. The first kappa shape index (κ1) is 12.1. The highest BCUT2D eigenvalue weighted by Crippen LogP contribution is 2.01. The second-order valence-corrected chi connectivity index (χ2v) is 4.08. The van der Waals surface area contributed by atoms with E-state index in [9.17, 15) is 4.79 Å². The van der Waals surface area contributed by atoms with Gasteiger partial charge in [0.15, 0.2) is 0 Å². The molecule has 94 valence electrons. The van der Waals surface area contributed by atoms with Gasteiger partial charge >= 0.3 is 0 Å². The van der Waals surface area contributed by atoms with E-state index in [2.05, 4.69) is 15.3 Å². The van der Waals surface area contributed by atoms with Gasteiger partial charge in [0.05, 0.1) is 25.8 Å². The van der Waals surface area contributed by atoms with E-state index in [0.717, 1.165) is 5.82 Å². The summed E-state index contributed by atoms with van der Waals surface area (Å²) in [5, 5.41) is 3.16. The molecule has 1 unspecified atom stereocenters. The summed E-state index contributed by atoms with van der Waals surface area (Å²) in [7, 11) is 0. The fourth-order valence-electron chi connectivity index (χ4n) is 1.79. The maximum absolute atomic E-state index is 12.0. The molecule has 1 saturated heterocycles. The summed E-state index contributed by atoms with van der Waals surface area (Å²) in [6.07, 6.45) is 3.47. The van der Waals surface area contributed by atoms with Crippen LogP contribution in [0.2, 0.25) is 0 Å². The largest absolute Gasteiger partial charge is 0.378 e. The highest BCUT2D eigenvalue weighted by molar-refractivity contribution is 5.81. The summed E-state index contributed by atoms with van der Waals surface area (Å²) in [5.41, 5.74) is 0. The fourth-order valence-corrected chi connectivity index (χ4v) is 1.79. The average Bonchev–Trinajstić information content (AvgIpc) is 2.89. The van der Waals surface area contributed by atoms with Crippen molar-refractivity contribution >= 4 is 5.91 Å². The molecule has 0 spiro atoms. The third kappa shape index (κ3) is 3.28. The smallest absolute Gasteiger partial charge is 0.239 e. The van der Waals surface area contributed by atoms with Crippen LogP contribution in [-0.2, 0) is 16.1 Å². The van der Waals surface area contributed by atoms with Crippen LogP contribution in [0.5, 0.6) is 0 Å². The molecule has 1 aromatic rings. The minimum atomic E-state index is -0.196. The first-order valence-corrected chi connectivity index (χ1v) is 5.85. The summed E-state index contributed by atoms with van der Waals surface area (Å²) in [6, 6.07) is -0.196. The number of nitrogens with one attached hydrogen (secondary N) is 2. The zero-order chi connectivity index (χ0) is 12.1. The van der Waals surface area contributed by atoms with Crippen LogP contribution in [0, 0.1) is 0 Å². The molecule has 1 aliphatic rings. The van der Waals surface area contributed by atoms with E-state index in [4.69, 9.17) is 4.74 Å². The second kappa shape index (κ2) is 5.79. The van der Waals surface area contributed by atoms with E-state index in [-0.39, 0.29) is 11.9 Å². The normalized spacial score (nSPS) is 18.1. The Bertz CT molecular complexity index is 346. The molecule has 1 aromatic heterocycles. The Labute approximate surface area is 100 Å². The van der Waals surface area contributed by atoms with Gasteiger partial charge in [-0.2, -0.15) is 0 Å². The van der Waals surface area contributed by atoms with Gasteiger partial charge in [0.2, 0.25) is 5.91 Å². The molecule has 2 heterocycles. The van der Waals surface area contributed by atoms with E-state index < -0.39 is 0 Å². The molecule has 6 heteroatoms. The molecule has 0 aliphatic carbocycles. The molecule has 0 aromatic carbocycles. The summed E-state index contributed by atoms with van der Waals surface area (Å²) in [5.74, 6) is 0.964. The molecule has 0 saturated carbocycles. The number of carbonyl (C=O) groups excluding carboxylic acids is 1. The minimum absolute atomic E-state index is 0.125.